The Morgan fingerprint density at radius 1 is 1.07 bits per heavy atom. The lowest BCUT2D eigenvalue weighted by Crippen LogP contribution is -2.39. The summed E-state index contributed by atoms with van der Waals surface area (Å²) in [5.41, 5.74) is 0.827. The van der Waals surface area contributed by atoms with Crippen molar-refractivity contribution >= 4 is 11.9 Å². The molecule has 8 heteroatoms. The molecule has 30 heavy (non-hydrogen) atoms. The predicted octanol–water partition coefficient (Wildman–Crippen LogP) is 2.48. The molecule has 0 aromatic heterocycles. The van der Waals surface area contributed by atoms with Gasteiger partial charge in [-0.05, 0) is 43.2 Å². The highest BCUT2D eigenvalue weighted by molar-refractivity contribution is 5.84. The Hall–Kier alpha value is -3.13. The first-order valence-electron chi connectivity index (χ1n) is 9.91. The monoisotopic (exact) mass is 416 g/mol. The summed E-state index contributed by atoms with van der Waals surface area (Å²) in [6, 6.07) is 14.0. The number of ether oxygens (including phenoxy) is 2. The summed E-state index contributed by atoms with van der Waals surface area (Å²) in [5, 5.41) is 8.94. The van der Waals surface area contributed by atoms with Crippen molar-refractivity contribution < 1.29 is 18.7 Å². The van der Waals surface area contributed by atoms with E-state index in [9.17, 15) is 9.18 Å². The first-order chi connectivity index (χ1) is 14.6. The van der Waals surface area contributed by atoms with Crippen molar-refractivity contribution in [1.29, 1.82) is 0 Å². The number of para-hydroxylation sites is 1. The van der Waals surface area contributed by atoms with Gasteiger partial charge in [-0.1, -0.05) is 24.3 Å². The molecule has 0 spiro atoms. The van der Waals surface area contributed by atoms with Crippen LogP contribution in [0.2, 0.25) is 0 Å². The number of nitrogens with one attached hydrogen (secondary N) is 3. The second-order valence-electron chi connectivity index (χ2n) is 6.39. The van der Waals surface area contributed by atoms with Crippen LogP contribution < -0.4 is 20.7 Å². The van der Waals surface area contributed by atoms with Gasteiger partial charge < -0.3 is 25.4 Å². The predicted molar refractivity (Wildman–Crippen MR) is 115 cm³/mol. The summed E-state index contributed by atoms with van der Waals surface area (Å²) < 4.78 is 24.8. The molecule has 0 fully saturated rings. The molecule has 7 nitrogen and oxygen atoms in total. The van der Waals surface area contributed by atoms with Crippen LogP contribution in [-0.2, 0) is 16.0 Å². The fourth-order valence-corrected chi connectivity index (χ4v) is 2.56. The molecule has 162 valence electrons. The standard InChI is InChI=1S/C22H29FN4O3/c1-3-24-22(27-16-21(28)25-13-14-29-2)26-12-11-17-9-10-20(19(23)15-17)30-18-7-5-4-6-8-18/h4-10,15H,3,11-14,16H2,1-2H3,(H,25,28)(H2,24,26,27). The number of amides is 1. The molecular weight excluding hydrogens is 387 g/mol. The lowest BCUT2D eigenvalue weighted by molar-refractivity contribution is -0.119. The van der Waals surface area contributed by atoms with E-state index in [-0.39, 0.29) is 18.2 Å². The highest BCUT2D eigenvalue weighted by Crippen LogP contribution is 2.24. The van der Waals surface area contributed by atoms with Crippen molar-refractivity contribution in [1.82, 2.24) is 16.0 Å². The molecule has 0 unspecified atom stereocenters. The number of rotatable bonds is 11. The maximum atomic E-state index is 14.3. The number of carbonyl (C=O) groups excluding carboxylic acids is 1. The normalized spacial score (nSPS) is 11.1. The van der Waals surface area contributed by atoms with E-state index >= 15 is 0 Å². The number of aliphatic imine (C=N–C) groups is 1. The van der Waals surface area contributed by atoms with Gasteiger partial charge >= 0.3 is 0 Å². The Labute approximate surface area is 176 Å². The molecule has 0 aliphatic heterocycles. The maximum absolute atomic E-state index is 14.3. The van der Waals surface area contributed by atoms with E-state index in [0.29, 0.717) is 44.4 Å². The number of methoxy groups -OCH3 is 1. The van der Waals surface area contributed by atoms with E-state index < -0.39 is 5.82 Å². The van der Waals surface area contributed by atoms with Crippen molar-refractivity contribution in [2.45, 2.75) is 13.3 Å². The van der Waals surface area contributed by atoms with Crippen LogP contribution in [0.5, 0.6) is 11.5 Å². The number of guanidine groups is 1. The van der Waals surface area contributed by atoms with Crippen LogP contribution >= 0.6 is 0 Å². The molecular formula is C22H29FN4O3. The van der Waals surface area contributed by atoms with Gasteiger partial charge in [-0.15, -0.1) is 0 Å². The van der Waals surface area contributed by atoms with E-state index in [4.69, 9.17) is 9.47 Å². The van der Waals surface area contributed by atoms with Gasteiger partial charge in [-0.3, -0.25) is 4.79 Å². The van der Waals surface area contributed by atoms with Crippen LogP contribution in [0.4, 0.5) is 4.39 Å². The Bertz CT molecular complexity index is 815. The average molecular weight is 416 g/mol. The highest BCUT2D eigenvalue weighted by Gasteiger charge is 2.07. The fraction of sp³-hybridized carbons (Fsp3) is 0.364. The van der Waals surface area contributed by atoms with E-state index in [1.54, 1.807) is 25.3 Å². The molecule has 0 radical (unpaired) electrons. The molecule has 1 amide bonds. The van der Waals surface area contributed by atoms with Crippen molar-refractivity contribution in [3.8, 4) is 11.5 Å². The number of benzene rings is 2. The number of hydrogen-bond donors (Lipinski definition) is 3. The molecule has 0 heterocycles. The maximum Gasteiger partial charge on any atom is 0.241 e. The van der Waals surface area contributed by atoms with Crippen LogP contribution in [0.25, 0.3) is 0 Å². The molecule has 3 N–H and O–H groups in total. The third-order valence-corrected chi connectivity index (χ3v) is 4.03. The molecule has 0 atom stereocenters. The summed E-state index contributed by atoms with van der Waals surface area (Å²) >= 11 is 0. The van der Waals surface area contributed by atoms with E-state index in [0.717, 1.165) is 5.56 Å². The van der Waals surface area contributed by atoms with Gasteiger partial charge in [0.1, 0.15) is 12.3 Å². The Kier molecular flexibility index (Phi) is 10.2. The van der Waals surface area contributed by atoms with Crippen LogP contribution in [0.15, 0.2) is 53.5 Å². The first-order valence-corrected chi connectivity index (χ1v) is 9.91. The van der Waals surface area contributed by atoms with Gasteiger partial charge in [-0.25, -0.2) is 9.38 Å². The summed E-state index contributed by atoms with van der Waals surface area (Å²) in [6.45, 7) is 4.06. The quantitative estimate of drug-likeness (QED) is 0.298. The zero-order chi connectivity index (χ0) is 21.6. The minimum Gasteiger partial charge on any atom is -0.454 e. The third kappa shape index (κ3) is 8.48. The van der Waals surface area contributed by atoms with Crippen molar-refractivity contribution in [2.75, 3.05) is 39.9 Å². The van der Waals surface area contributed by atoms with E-state index in [2.05, 4.69) is 20.9 Å². The lowest BCUT2D eigenvalue weighted by atomic mass is 10.1. The first kappa shape index (κ1) is 23.2. The van der Waals surface area contributed by atoms with Crippen LogP contribution in [0, 0.1) is 5.82 Å². The molecule has 2 aromatic carbocycles. The van der Waals surface area contributed by atoms with Crippen LogP contribution in [-0.4, -0.2) is 51.8 Å². The minimum absolute atomic E-state index is 0.0131. The zero-order valence-corrected chi connectivity index (χ0v) is 17.4. The summed E-state index contributed by atoms with van der Waals surface area (Å²) in [6.07, 6.45) is 0.590. The Morgan fingerprint density at radius 2 is 1.87 bits per heavy atom. The third-order valence-electron chi connectivity index (χ3n) is 4.03. The highest BCUT2D eigenvalue weighted by atomic mass is 19.1. The summed E-state index contributed by atoms with van der Waals surface area (Å²) in [4.78, 5) is 16.0. The smallest absolute Gasteiger partial charge is 0.241 e. The molecule has 0 saturated heterocycles. The van der Waals surface area contributed by atoms with Crippen LogP contribution in [0.3, 0.4) is 0 Å². The number of halogens is 1. The summed E-state index contributed by atoms with van der Waals surface area (Å²) in [5.74, 6) is 0.713. The summed E-state index contributed by atoms with van der Waals surface area (Å²) in [7, 11) is 1.58. The van der Waals surface area contributed by atoms with Crippen LogP contribution in [0.1, 0.15) is 12.5 Å². The molecule has 0 aliphatic rings. The van der Waals surface area contributed by atoms with Gasteiger partial charge in [0.15, 0.2) is 17.5 Å². The van der Waals surface area contributed by atoms with Gasteiger partial charge in [0, 0.05) is 26.7 Å². The van der Waals surface area contributed by atoms with Crippen molar-refractivity contribution in [3.63, 3.8) is 0 Å². The van der Waals surface area contributed by atoms with Gasteiger partial charge in [0.25, 0.3) is 0 Å². The number of carbonyl (C=O) groups is 1. The topological polar surface area (TPSA) is 84.0 Å². The lowest BCUT2D eigenvalue weighted by Gasteiger charge is -2.12. The molecule has 0 saturated carbocycles. The second kappa shape index (κ2) is 13.2. The van der Waals surface area contributed by atoms with Gasteiger partial charge in [0.2, 0.25) is 5.91 Å². The molecule has 2 aromatic rings. The number of nitrogens with zero attached hydrogens (tertiary/aromatic N) is 1. The Morgan fingerprint density at radius 3 is 2.57 bits per heavy atom. The molecule has 0 aliphatic carbocycles. The zero-order valence-electron chi connectivity index (χ0n) is 17.4. The SMILES string of the molecule is CCNC(=NCC(=O)NCCOC)NCCc1ccc(Oc2ccccc2)c(F)c1. The largest absolute Gasteiger partial charge is 0.454 e. The Balaban J connectivity index is 1.83. The fourth-order valence-electron chi connectivity index (χ4n) is 2.56. The van der Waals surface area contributed by atoms with Crippen molar-refractivity contribution in [2.24, 2.45) is 4.99 Å². The van der Waals surface area contributed by atoms with Crippen molar-refractivity contribution in [3.05, 3.63) is 59.9 Å². The molecule has 2 rings (SSSR count). The number of hydrogen-bond acceptors (Lipinski definition) is 4. The molecule has 0 bridgehead atoms. The van der Waals surface area contributed by atoms with Gasteiger partial charge in [-0.2, -0.15) is 0 Å². The van der Waals surface area contributed by atoms with Gasteiger partial charge in [0.05, 0.1) is 6.61 Å². The minimum atomic E-state index is -0.412. The average Bonchev–Trinajstić information content (AvgIpc) is 2.75. The van der Waals surface area contributed by atoms with E-state index in [1.165, 1.54) is 6.07 Å². The second-order valence-corrected chi connectivity index (χ2v) is 6.39. The van der Waals surface area contributed by atoms with E-state index in [1.807, 2.05) is 31.2 Å².